The minimum absolute atomic E-state index is 0. The molecule has 0 aromatic carbocycles. The quantitative estimate of drug-likeness (QED) is 0.700. The average molecular weight is 303 g/mol. The van der Waals surface area contributed by atoms with Crippen LogP contribution in [0.1, 0.15) is 20.8 Å². The summed E-state index contributed by atoms with van der Waals surface area (Å²) in [5.41, 5.74) is -2.16. The molecule has 10 heteroatoms. The van der Waals surface area contributed by atoms with E-state index in [9.17, 15) is 17.7 Å². The first-order chi connectivity index (χ1) is 8.00. The largest absolute Gasteiger partial charge is 1.00 e. The molecule has 0 radical (unpaired) electrons. The van der Waals surface area contributed by atoms with Gasteiger partial charge in [-0.1, -0.05) is 0 Å². The van der Waals surface area contributed by atoms with Gasteiger partial charge in [0.2, 0.25) is 0 Å². The molecular weight excluding hydrogens is 289 g/mol. The summed E-state index contributed by atoms with van der Waals surface area (Å²) in [6, 6.07) is 0. The Hall–Kier alpha value is -0.0287. The molecule has 1 N–H and O–H groups in total. The Morgan fingerprint density at radius 2 is 1.95 bits per heavy atom. The van der Waals surface area contributed by atoms with Crippen molar-refractivity contribution in [3.8, 4) is 0 Å². The summed E-state index contributed by atoms with van der Waals surface area (Å²) in [4.78, 5) is 11.4. The summed E-state index contributed by atoms with van der Waals surface area (Å²) in [5, 5.41) is 5.52. The Morgan fingerprint density at radius 3 is 2.37 bits per heavy atom. The summed E-state index contributed by atoms with van der Waals surface area (Å²) in [5.74, 6) is 0. The molecule has 0 bridgehead atoms. The van der Waals surface area contributed by atoms with Gasteiger partial charge in [0.05, 0.1) is 11.9 Å². The number of carbonyl (C=O) groups excluding carboxylic acids is 1. The number of aromatic nitrogens is 2. The Morgan fingerprint density at radius 1 is 1.42 bits per heavy atom. The normalized spacial score (nSPS) is 11.7. The first kappa shape index (κ1) is 19.0. The van der Waals surface area contributed by atoms with Crippen LogP contribution in [0.15, 0.2) is 6.20 Å². The van der Waals surface area contributed by atoms with E-state index in [0.29, 0.717) is 4.68 Å². The van der Waals surface area contributed by atoms with Gasteiger partial charge in [-0.25, -0.2) is 4.79 Å². The fourth-order valence-corrected chi connectivity index (χ4v) is 1.35. The van der Waals surface area contributed by atoms with E-state index < -0.39 is 30.0 Å². The van der Waals surface area contributed by atoms with Crippen LogP contribution in [-0.2, 0) is 11.8 Å². The zero-order valence-corrected chi connectivity index (χ0v) is 14.6. The van der Waals surface area contributed by atoms with E-state index in [1.165, 1.54) is 0 Å². The molecule has 0 spiro atoms. The third-order valence-corrected chi connectivity index (χ3v) is 1.93. The van der Waals surface area contributed by atoms with Crippen molar-refractivity contribution in [3.05, 3.63) is 6.20 Å². The maximum atomic E-state index is 12.7. The summed E-state index contributed by atoms with van der Waals surface area (Å²) in [6.07, 6.45) is -0.00843. The number of carbonyl (C=O) groups is 1. The van der Waals surface area contributed by atoms with Crippen LogP contribution in [0.25, 0.3) is 0 Å². The van der Waals surface area contributed by atoms with Crippen molar-refractivity contribution in [2.24, 2.45) is 7.05 Å². The fourth-order valence-electron chi connectivity index (χ4n) is 1.35. The molecule has 0 aliphatic rings. The molecule has 0 saturated carbocycles. The van der Waals surface area contributed by atoms with Crippen LogP contribution in [0.4, 0.5) is 23.4 Å². The molecule has 0 aliphatic carbocycles. The van der Waals surface area contributed by atoms with Crippen molar-refractivity contribution in [3.63, 3.8) is 0 Å². The monoisotopic (exact) mass is 303 g/mol. The van der Waals surface area contributed by atoms with E-state index in [-0.39, 0.29) is 51.4 Å². The maximum Gasteiger partial charge on any atom is 1.00 e. The van der Waals surface area contributed by atoms with E-state index >= 15 is 0 Å². The van der Waals surface area contributed by atoms with Crippen LogP contribution in [0.3, 0.4) is 0 Å². The topological polar surface area (TPSA) is 56.2 Å². The molecule has 1 aromatic heterocycles. The predicted molar refractivity (Wildman–Crippen MR) is 61.8 cm³/mol. The number of rotatable bonds is 2. The number of nitrogens with zero attached hydrogens (tertiary/aromatic N) is 2. The standard InChI is InChI=1S/C9H14BF3N3O2.K/c1-9(2,3)18-8(17)15-6-5-14-16(4)7(6)10(11,12)13;/h5H,1-4H3,(H,15,17);/q-1;+1. The van der Waals surface area contributed by atoms with E-state index in [2.05, 4.69) is 5.10 Å². The number of amides is 1. The Bertz CT molecular complexity index is 457. The number of aryl methyl sites for hydroxylation is 1. The summed E-state index contributed by atoms with van der Waals surface area (Å²) in [7, 11) is 1.16. The Labute approximate surface area is 151 Å². The molecule has 19 heavy (non-hydrogen) atoms. The van der Waals surface area contributed by atoms with Crippen LogP contribution >= 0.6 is 0 Å². The third kappa shape index (κ3) is 5.86. The Kier molecular flexibility index (Phi) is 6.61. The predicted octanol–water partition coefficient (Wildman–Crippen LogP) is -1.17. The average Bonchev–Trinajstić information content (AvgIpc) is 2.41. The van der Waals surface area contributed by atoms with Gasteiger partial charge in [0.1, 0.15) is 5.60 Å². The zero-order valence-electron chi connectivity index (χ0n) is 11.5. The first-order valence-corrected chi connectivity index (χ1v) is 5.22. The molecule has 0 unspecified atom stereocenters. The van der Waals surface area contributed by atoms with Gasteiger partial charge >= 0.3 is 64.5 Å². The van der Waals surface area contributed by atoms with Gasteiger partial charge in [-0.05, 0) is 20.8 Å². The number of halogens is 3. The van der Waals surface area contributed by atoms with Crippen molar-refractivity contribution in [1.29, 1.82) is 0 Å². The van der Waals surface area contributed by atoms with Crippen LogP contribution < -0.4 is 62.3 Å². The molecule has 1 amide bonds. The molecule has 5 nitrogen and oxygen atoms in total. The Balaban J connectivity index is 0.00000324. The molecule has 0 atom stereocenters. The smallest absolute Gasteiger partial charge is 0.444 e. The molecular formula is C9H14BF3KN3O2. The first-order valence-electron chi connectivity index (χ1n) is 5.22. The van der Waals surface area contributed by atoms with Crippen molar-refractivity contribution in [2.75, 3.05) is 5.32 Å². The van der Waals surface area contributed by atoms with E-state index in [1.54, 1.807) is 20.8 Å². The molecule has 102 valence electrons. The molecule has 1 rings (SSSR count). The molecule has 0 aliphatic heterocycles. The van der Waals surface area contributed by atoms with Crippen LogP contribution in [0.2, 0.25) is 0 Å². The second kappa shape index (κ2) is 6.62. The van der Waals surface area contributed by atoms with Crippen LogP contribution in [0.5, 0.6) is 0 Å². The van der Waals surface area contributed by atoms with Gasteiger partial charge in [-0.15, -0.1) is 0 Å². The van der Waals surface area contributed by atoms with Gasteiger partial charge in [0, 0.05) is 12.6 Å². The van der Waals surface area contributed by atoms with Crippen molar-refractivity contribution >= 4 is 24.4 Å². The summed E-state index contributed by atoms with van der Waals surface area (Å²) in [6.45, 7) is -0.414. The number of hydrogen-bond acceptors (Lipinski definition) is 3. The van der Waals surface area contributed by atoms with Gasteiger partial charge in [-0.2, -0.15) is 5.10 Å². The second-order valence-electron chi connectivity index (χ2n) is 4.77. The van der Waals surface area contributed by atoms with Crippen molar-refractivity contribution in [2.45, 2.75) is 26.4 Å². The minimum Gasteiger partial charge on any atom is -0.444 e. The van der Waals surface area contributed by atoms with Crippen molar-refractivity contribution < 1.29 is 73.9 Å². The minimum atomic E-state index is -5.26. The van der Waals surface area contributed by atoms with Crippen molar-refractivity contribution in [1.82, 2.24) is 9.78 Å². The number of ether oxygens (including phenoxy) is 1. The van der Waals surface area contributed by atoms with Gasteiger partial charge in [0.25, 0.3) is 0 Å². The molecule has 0 fully saturated rings. The van der Waals surface area contributed by atoms with Gasteiger partial charge in [-0.3, -0.25) is 5.32 Å². The molecule has 1 aromatic rings. The molecule has 1 heterocycles. The number of anilines is 1. The van der Waals surface area contributed by atoms with Gasteiger partial charge < -0.3 is 22.4 Å². The van der Waals surface area contributed by atoms with Crippen LogP contribution in [-0.4, -0.2) is 28.5 Å². The number of hydrogen-bond donors (Lipinski definition) is 1. The SMILES string of the molecule is Cn1ncc(NC(=O)OC(C)(C)C)c1[B-](F)(F)F.[K+]. The van der Waals surface area contributed by atoms with E-state index in [4.69, 9.17) is 4.74 Å². The van der Waals surface area contributed by atoms with Crippen LogP contribution in [0, 0.1) is 0 Å². The fraction of sp³-hybridized carbons (Fsp3) is 0.556. The third-order valence-electron chi connectivity index (χ3n) is 1.93. The summed E-state index contributed by atoms with van der Waals surface area (Å²) < 4.78 is 43.8. The van der Waals surface area contributed by atoms with Gasteiger partial charge in [0.15, 0.2) is 0 Å². The zero-order chi connectivity index (χ0) is 14.1. The number of nitrogens with one attached hydrogen (secondary N) is 1. The van der Waals surface area contributed by atoms with E-state index in [1.807, 2.05) is 5.32 Å². The second-order valence-corrected chi connectivity index (χ2v) is 4.77. The molecule has 0 saturated heterocycles. The summed E-state index contributed by atoms with van der Waals surface area (Å²) >= 11 is 0. The van der Waals surface area contributed by atoms with E-state index in [0.717, 1.165) is 13.2 Å². The maximum absolute atomic E-state index is 12.7.